The smallest absolute Gasteiger partial charge is 0.264 e. The Morgan fingerprint density at radius 1 is 1.07 bits per heavy atom. The Labute approximate surface area is 175 Å². The number of hydrogen-bond donors (Lipinski definition) is 1. The van der Waals surface area contributed by atoms with Gasteiger partial charge >= 0.3 is 0 Å². The Hall–Kier alpha value is -2.18. The summed E-state index contributed by atoms with van der Waals surface area (Å²) < 4.78 is 0.474. The zero-order valence-corrected chi connectivity index (χ0v) is 16.9. The van der Waals surface area contributed by atoms with E-state index < -0.39 is 11.5 Å². The fourth-order valence-electron chi connectivity index (χ4n) is 3.40. The van der Waals surface area contributed by atoms with E-state index in [0.717, 1.165) is 16.9 Å². The van der Waals surface area contributed by atoms with E-state index in [2.05, 4.69) is 0 Å². The molecule has 2 heterocycles. The highest BCUT2D eigenvalue weighted by atomic mass is 35.5. The zero-order chi connectivity index (χ0) is 19.9. The maximum absolute atomic E-state index is 13.2. The highest BCUT2D eigenvalue weighted by Gasteiger charge is 2.51. The van der Waals surface area contributed by atoms with Crippen LogP contribution in [0.3, 0.4) is 0 Å². The molecule has 0 radical (unpaired) electrons. The molecule has 28 heavy (non-hydrogen) atoms. The molecule has 0 unspecified atom stereocenters. The van der Waals surface area contributed by atoms with E-state index in [-0.39, 0.29) is 18.7 Å². The maximum Gasteiger partial charge on any atom is 0.264 e. The van der Waals surface area contributed by atoms with Gasteiger partial charge in [-0.2, -0.15) is 0 Å². The van der Waals surface area contributed by atoms with E-state index in [4.69, 9.17) is 23.2 Å². The molecule has 3 aromatic rings. The Morgan fingerprint density at radius 2 is 1.82 bits per heavy atom. The van der Waals surface area contributed by atoms with Gasteiger partial charge in [-0.1, -0.05) is 53.5 Å². The van der Waals surface area contributed by atoms with Gasteiger partial charge < -0.3 is 10.0 Å². The summed E-state index contributed by atoms with van der Waals surface area (Å²) in [6.07, 6.45) is -0.374. The van der Waals surface area contributed by atoms with Gasteiger partial charge in [-0.25, -0.2) is 0 Å². The average molecular weight is 432 g/mol. The number of halogens is 2. The number of carbonyl (C=O) groups excluding carboxylic acids is 2. The van der Waals surface area contributed by atoms with Gasteiger partial charge in [0.15, 0.2) is 11.4 Å². The normalized spacial score (nSPS) is 18.4. The minimum atomic E-state index is -1.97. The van der Waals surface area contributed by atoms with Gasteiger partial charge in [0.25, 0.3) is 5.91 Å². The molecular weight excluding hydrogens is 417 g/mol. The highest BCUT2D eigenvalue weighted by Crippen LogP contribution is 2.45. The van der Waals surface area contributed by atoms with Crippen molar-refractivity contribution in [3.05, 3.63) is 86.0 Å². The first kappa shape index (κ1) is 19.2. The largest absolute Gasteiger partial charge is 0.375 e. The number of amides is 1. The number of rotatable bonds is 5. The molecule has 1 amide bonds. The second-order valence-electron chi connectivity index (χ2n) is 6.60. The quantitative estimate of drug-likeness (QED) is 0.574. The van der Waals surface area contributed by atoms with Crippen LogP contribution in [0.5, 0.6) is 0 Å². The van der Waals surface area contributed by atoms with Crippen LogP contribution in [0.25, 0.3) is 0 Å². The first-order chi connectivity index (χ1) is 13.4. The summed E-state index contributed by atoms with van der Waals surface area (Å²) in [5.41, 5.74) is -0.158. The highest BCUT2D eigenvalue weighted by molar-refractivity contribution is 7.18. The van der Waals surface area contributed by atoms with Crippen molar-refractivity contribution in [3.8, 4) is 0 Å². The topological polar surface area (TPSA) is 57.6 Å². The van der Waals surface area contributed by atoms with Crippen molar-refractivity contribution >= 4 is 51.9 Å². The van der Waals surface area contributed by atoms with Crippen molar-refractivity contribution < 1.29 is 14.7 Å². The first-order valence-electron chi connectivity index (χ1n) is 8.55. The molecule has 1 aromatic heterocycles. The minimum Gasteiger partial charge on any atom is -0.375 e. The number of aliphatic hydroxyl groups is 1. The third kappa shape index (κ3) is 3.35. The molecule has 0 spiro atoms. The van der Waals surface area contributed by atoms with E-state index in [0.29, 0.717) is 25.5 Å². The molecule has 4 rings (SSSR count). The number of benzene rings is 2. The standard InChI is InChI=1S/C21H15Cl2NO3S/c22-14-6-7-16-15(10-14)21(27,11-17(25)18-8-9-19(23)28-18)20(26)24(16)12-13-4-2-1-3-5-13/h1-10,27H,11-12H2/t21-/m1/s1. The summed E-state index contributed by atoms with van der Waals surface area (Å²) in [5.74, 6) is -0.884. The van der Waals surface area contributed by atoms with Crippen LogP contribution in [0, 0.1) is 0 Å². The van der Waals surface area contributed by atoms with Crippen LogP contribution in [-0.4, -0.2) is 16.8 Å². The van der Waals surface area contributed by atoms with Crippen LogP contribution >= 0.6 is 34.5 Å². The molecule has 0 bridgehead atoms. The van der Waals surface area contributed by atoms with Crippen LogP contribution in [0.1, 0.15) is 27.2 Å². The number of hydrogen-bond acceptors (Lipinski definition) is 4. The second-order valence-corrected chi connectivity index (χ2v) is 8.75. The molecule has 0 aliphatic carbocycles. The van der Waals surface area contributed by atoms with Crippen LogP contribution < -0.4 is 4.90 Å². The SMILES string of the molecule is O=C(C[C@]1(O)C(=O)N(Cc2ccccc2)c2ccc(Cl)cc21)c1ccc(Cl)s1. The lowest BCUT2D eigenvalue weighted by Gasteiger charge is -2.22. The number of thiophene rings is 1. The van der Waals surface area contributed by atoms with Crippen molar-refractivity contribution in [2.24, 2.45) is 0 Å². The van der Waals surface area contributed by atoms with Gasteiger partial charge in [-0.15, -0.1) is 11.3 Å². The molecule has 7 heteroatoms. The molecule has 0 fully saturated rings. The van der Waals surface area contributed by atoms with E-state index in [9.17, 15) is 14.7 Å². The monoisotopic (exact) mass is 431 g/mol. The van der Waals surface area contributed by atoms with Crippen LogP contribution in [0.15, 0.2) is 60.7 Å². The third-order valence-corrected chi connectivity index (χ3v) is 6.25. The van der Waals surface area contributed by atoms with Gasteiger partial charge in [-0.3, -0.25) is 9.59 Å². The van der Waals surface area contributed by atoms with Gasteiger partial charge in [-0.05, 0) is 35.9 Å². The molecule has 142 valence electrons. The molecule has 4 nitrogen and oxygen atoms in total. The van der Waals surface area contributed by atoms with E-state index in [1.165, 1.54) is 4.90 Å². The van der Waals surface area contributed by atoms with Gasteiger partial charge in [0.2, 0.25) is 0 Å². The molecule has 1 atom stereocenters. The lowest BCUT2D eigenvalue weighted by Crippen LogP contribution is -2.41. The first-order valence-corrected chi connectivity index (χ1v) is 10.1. The molecule has 0 saturated heterocycles. The van der Waals surface area contributed by atoms with Crippen molar-refractivity contribution in [1.82, 2.24) is 0 Å². The van der Waals surface area contributed by atoms with Crippen LogP contribution in [-0.2, 0) is 16.9 Å². The summed E-state index contributed by atoms with van der Waals surface area (Å²) >= 11 is 13.2. The predicted molar refractivity (Wildman–Crippen MR) is 111 cm³/mol. The minimum absolute atomic E-state index is 0.287. The summed E-state index contributed by atoms with van der Waals surface area (Å²) in [6, 6.07) is 17.6. The second kappa shape index (κ2) is 7.33. The van der Waals surface area contributed by atoms with E-state index in [1.54, 1.807) is 30.3 Å². The number of anilines is 1. The molecule has 1 N–H and O–H groups in total. The van der Waals surface area contributed by atoms with Gasteiger partial charge in [0.1, 0.15) is 0 Å². The Bertz CT molecular complexity index is 1070. The van der Waals surface area contributed by atoms with Crippen LogP contribution in [0.4, 0.5) is 5.69 Å². The maximum atomic E-state index is 13.2. The summed E-state index contributed by atoms with van der Waals surface area (Å²) in [4.78, 5) is 27.8. The van der Waals surface area contributed by atoms with Crippen molar-refractivity contribution in [2.45, 2.75) is 18.6 Å². The Morgan fingerprint density at radius 3 is 2.50 bits per heavy atom. The fraction of sp³-hybridized carbons (Fsp3) is 0.143. The van der Waals surface area contributed by atoms with E-state index in [1.807, 2.05) is 30.3 Å². The number of fused-ring (bicyclic) bond motifs is 1. The molecule has 1 aliphatic heterocycles. The van der Waals surface area contributed by atoms with Crippen molar-refractivity contribution in [1.29, 1.82) is 0 Å². The average Bonchev–Trinajstić information content (AvgIpc) is 3.19. The van der Waals surface area contributed by atoms with Crippen molar-refractivity contribution in [2.75, 3.05) is 4.90 Å². The van der Waals surface area contributed by atoms with Gasteiger partial charge in [0.05, 0.1) is 27.9 Å². The number of carbonyl (C=O) groups is 2. The molecule has 1 aliphatic rings. The third-order valence-electron chi connectivity index (χ3n) is 4.74. The lowest BCUT2D eigenvalue weighted by molar-refractivity contribution is -0.136. The fourth-order valence-corrected chi connectivity index (χ4v) is 4.55. The molecule has 2 aromatic carbocycles. The summed E-state index contributed by atoms with van der Waals surface area (Å²) in [6.45, 7) is 0.287. The van der Waals surface area contributed by atoms with Crippen LogP contribution in [0.2, 0.25) is 9.36 Å². The van der Waals surface area contributed by atoms with E-state index >= 15 is 0 Å². The molecular formula is C21H15Cl2NO3S. The number of nitrogens with zero attached hydrogens (tertiary/aromatic N) is 1. The number of ketones is 1. The number of Topliss-reactive ketones (excluding diaryl/α,β-unsaturated/α-hetero) is 1. The predicted octanol–water partition coefficient (Wildman–Crippen LogP) is 5.06. The molecule has 0 saturated carbocycles. The summed E-state index contributed by atoms with van der Waals surface area (Å²) in [5, 5.41) is 11.7. The summed E-state index contributed by atoms with van der Waals surface area (Å²) in [7, 11) is 0. The zero-order valence-electron chi connectivity index (χ0n) is 14.6. The van der Waals surface area contributed by atoms with Gasteiger partial charge in [0, 0.05) is 10.6 Å². The van der Waals surface area contributed by atoms with Crippen molar-refractivity contribution in [3.63, 3.8) is 0 Å². The Balaban J connectivity index is 1.72. The Kier molecular flexibility index (Phi) is 5.02. The lowest BCUT2D eigenvalue weighted by atomic mass is 9.89.